The number of nitrogens with one attached hydrogen (secondary N) is 2. The molecule has 8 nitrogen and oxygen atoms in total. The van der Waals surface area contributed by atoms with Gasteiger partial charge >= 0.3 is 11.9 Å². The summed E-state index contributed by atoms with van der Waals surface area (Å²) in [5.74, 6) is -2.38. The van der Waals surface area contributed by atoms with Crippen molar-refractivity contribution in [3.8, 4) is 0 Å². The van der Waals surface area contributed by atoms with Crippen molar-refractivity contribution in [2.24, 2.45) is 0 Å². The molecule has 0 saturated heterocycles. The summed E-state index contributed by atoms with van der Waals surface area (Å²) in [6.07, 6.45) is -0.725. The van der Waals surface area contributed by atoms with Gasteiger partial charge in [0.2, 0.25) is 0 Å². The number of fused-ring (bicyclic) bond motifs is 2. The summed E-state index contributed by atoms with van der Waals surface area (Å²) < 4.78 is -3.13. The third-order valence-electron chi connectivity index (χ3n) is 4.89. The Morgan fingerprint density at radius 3 is 1.35 bits per heavy atom. The maximum absolute atomic E-state index is 11.1. The fraction of sp³-hybridized carbons (Fsp3) is 0.200. The summed E-state index contributed by atoms with van der Waals surface area (Å²) in [5.41, 5.74) is 1.15. The number of aliphatic carboxylic acids is 2. The number of aliphatic hydroxyl groups is 2. The molecule has 0 fully saturated rings. The zero-order chi connectivity index (χ0) is 22.1. The molecule has 11 heteroatoms. The molecule has 2 aliphatic heterocycles. The maximum atomic E-state index is 11.1. The number of aliphatic hydroxyl groups excluding tert-OH is 2. The number of thioether (sulfide) groups is 2. The molecule has 1 radical (unpaired) electrons. The van der Waals surface area contributed by atoms with Crippen LogP contribution in [0.2, 0.25) is 0 Å². The van der Waals surface area contributed by atoms with Crippen molar-refractivity contribution in [3.63, 3.8) is 0 Å². The minimum absolute atomic E-state index is 0. The van der Waals surface area contributed by atoms with Gasteiger partial charge in [-0.3, -0.25) is 9.59 Å². The molecule has 6 N–H and O–H groups in total. The Morgan fingerprint density at radius 1 is 0.774 bits per heavy atom. The maximum Gasteiger partial charge on any atom is 0.328 e. The van der Waals surface area contributed by atoms with Gasteiger partial charge in [0.15, 0.2) is 9.49 Å². The van der Waals surface area contributed by atoms with Gasteiger partial charge in [-0.15, -0.1) is 0 Å². The molecule has 4 atom stereocenters. The van der Waals surface area contributed by atoms with E-state index in [2.05, 4.69) is 0 Å². The zero-order valence-electron chi connectivity index (χ0n) is 15.7. The van der Waals surface area contributed by atoms with E-state index in [4.69, 9.17) is 21.0 Å². The van der Waals surface area contributed by atoms with Crippen molar-refractivity contribution in [1.29, 1.82) is 10.8 Å². The first kappa shape index (κ1) is 25.1. The summed E-state index contributed by atoms with van der Waals surface area (Å²) in [4.78, 5) is 23.6. The van der Waals surface area contributed by atoms with Crippen molar-refractivity contribution in [3.05, 3.63) is 59.7 Å². The smallest absolute Gasteiger partial charge is 0.328 e. The van der Waals surface area contributed by atoms with Gasteiger partial charge in [-0.1, -0.05) is 59.9 Å². The standard InChI is InChI=1S/2C10H9NO3S.Cu/c2*11-5-10(9(13)14)8(12)6-3-1-2-4-7(6)15-10;/h2*1-5,8,11-12H,(H,13,14);. The minimum Gasteiger partial charge on any atom is -0.480 e. The minimum atomic E-state index is -1.57. The van der Waals surface area contributed by atoms with Gasteiger partial charge in [0, 0.05) is 39.3 Å². The average molecular weight is 510 g/mol. The van der Waals surface area contributed by atoms with E-state index in [1.54, 1.807) is 48.5 Å². The number of hydrogen-bond acceptors (Lipinski definition) is 8. The number of rotatable bonds is 4. The predicted octanol–water partition coefficient (Wildman–Crippen LogP) is 2.59. The summed E-state index contributed by atoms with van der Waals surface area (Å²) in [6, 6.07) is 13.9. The van der Waals surface area contributed by atoms with Crippen LogP contribution in [0.5, 0.6) is 0 Å². The number of carbonyl (C=O) groups is 2. The molecule has 2 aromatic carbocycles. The van der Waals surface area contributed by atoms with E-state index < -0.39 is 33.6 Å². The van der Waals surface area contributed by atoms with E-state index >= 15 is 0 Å². The first-order valence-corrected chi connectivity index (χ1v) is 10.3. The Balaban J connectivity index is 0.000000213. The Bertz CT molecular complexity index is 957. The number of hydrogen-bond donors (Lipinski definition) is 6. The number of benzene rings is 2. The van der Waals surface area contributed by atoms with Gasteiger partial charge in [-0.25, -0.2) is 0 Å². The van der Waals surface area contributed by atoms with Gasteiger partial charge < -0.3 is 31.2 Å². The Labute approximate surface area is 196 Å². The molecule has 0 saturated carbocycles. The quantitative estimate of drug-likeness (QED) is 0.270. The van der Waals surface area contributed by atoms with Crippen LogP contribution in [0, 0.1) is 10.8 Å². The molecular formula is C20H18CuN2O6S2. The van der Waals surface area contributed by atoms with Crippen LogP contribution >= 0.6 is 23.5 Å². The average Bonchev–Trinajstić information content (AvgIpc) is 3.22. The summed E-state index contributed by atoms with van der Waals surface area (Å²) in [6.45, 7) is 0. The second-order valence-corrected chi connectivity index (χ2v) is 9.21. The van der Waals surface area contributed by atoms with Crippen LogP contribution in [0.4, 0.5) is 0 Å². The van der Waals surface area contributed by atoms with Gasteiger partial charge in [0.05, 0.1) is 0 Å². The van der Waals surface area contributed by atoms with E-state index in [1.165, 1.54) is 0 Å². The van der Waals surface area contributed by atoms with E-state index in [9.17, 15) is 19.8 Å². The molecule has 0 amide bonds. The molecule has 0 aliphatic carbocycles. The fourth-order valence-electron chi connectivity index (χ4n) is 3.20. The van der Waals surface area contributed by atoms with Crippen molar-refractivity contribution < 1.29 is 47.1 Å². The Hall–Kier alpha value is -2.14. The van der Waals surface area contributed by atoms with Crippen LogP contribution in [-0.2, 0) is 26.7 Å². The van der Waals surface area contributed by atoms with E-state index in [1.807, 2.05) is 0 Å². The zero-order valence-corrected chi connectivity index (χ0v) is 18.2. The van der Waals surface area contributed by atoms with Gasteiger partial charge in [0.1, 0.15) is 12.2 Å². The second kappa shape index (κ2) is 9.56. The molecule has 2 aliphatic rings. The van der Waals surface area contributed by atoms with Crippen LogP contribution in [0.15, 0.2) is 58.3 Å². The second-order valence-electron chi connectivity index (χ2n) is 6.57. The first-order chi connectivity index (χ1) is 14.2. The third kappa shape index (κ3) is 4.05. The topological polar surface area (TPSA) is 163 Å². The fourth-order valence-corrected chi connectivity index (χ4v) is 5.58. The van der Waals surface area contributed by atoms with Crippen LogP contribution in [-0.4, -0.2) is 54.3 Å². The molecule has 0 bridgehead atoms. The summed E-state index contributed by atoms with van der Waals surface area (Å²) in [7, 11) is 0. The van der Waals surface area contributed by atoms with Crippen LogP contribution in [0.3, 0.4) is 0 Å². The van der Waals surface area contributed by atoms with Crippen LogP contribution in [0.25, 0.3) is 0 Å². The largest absolute Gasteiger partial charge is 0.480 e. The molecule has 2 aromatic rings. The van der Waals surface area contributed by atoms with E-state index in [0.29, 0.717) is 11.1 Å². The van der Waals surface area contributed by atoms with E-state index in [-0.39, 0.29) is 17.1 Å². The van der Waals surface area contributed by atoms with Crippen LogP contribution in [0.1, 0.15) is 23.3 Å². The van der Waals surface area contributed by atoms with E-state index in [0.717, 1.165) is 45.7 Å². The molecule has 4 rings (SSSR count). The predicted molar refractivity (Wildman–Crippen MR) is 113 cm³/mol. The molecule has 2 heterocycles. The first-order valence-electron chi connectivity index (χ1n) is 8.65. The van der Waals surface area contributed by atoms with Crippen molar-refractivity contribution in [2.45, 2.75) is 31.5 Å². The number of carboxylic acids is 2. The third-order valence-corrected chi connectivity index (χ3v) is 7.79. The summed E-state index contributed by atoms with van der Waals surface area (Å²) in [5, 5.41) is 52.4. The molecule has 0 aromatic heterocycles. The monoisotopic (exact) mass is 509 g/mol. The van der Waals surface area contributed by atoms with Gasteiger partial charge in [-0.2, -0.15) is 0 Å². The van der Waals surface area contributed by atoms with Crippen molar-refractivity contribution in [1.82, 2.24) is 0 Å². The number of carboxylic acid groups (broad SMARTS) is 2. The van der Waals surface area contributed by atoms with Crippen LogP contribution < -0.4 is 0 Å². The normalized spacial score (nSPS) is 27.5. The molecular weight excluding hydrogens is 492 g/mol. The Morgan fingerprint density at radius 2 is 1.10 bits per heavy atom. The molecule has 167 valence electrons. The van der Waals surface area contributed by atoms with Gasteiger partial charge in [-0.05, 0) is 23.3 Å². The van der Waals surface area contributed by atoms with Crippen molar-refractivity contribution >= 4 is 47.9 Å². The molecule has 31 heavy (non-hydrogen) atoms. The van der Waals surface area contributed by atoms with Gasteiger partial charge in [0.25, 0.3) is 0 Å². The molecule has 4 unspecified atom stereocenters. The Kier molecular flexibility index (Phi) is 7.74. The molecule has 0 spiro atoms. The summed E-state index contributed by atoms with van der Waals surface area (Å²) >= 11 is 2.01. The SMILES string of the molecule is N=CC1(C(=O)O)Sc2ccccc2C1O.N=CC1(C(=O)O)Sc2ccccc2C1O.[Cu]. The van der Waals surface area contributed by atoms with Crippen molar-refractivity contribution in [2.75, 3.05) is 0 Å².